The molecule has 1 aromatic heterocycles. The zero-order valence-corrected chi connectivity index (χ0v) is 12.4. The molecule has 6 heteroatoms. The summed E-state index contributed by atoms with van der Waals surface area (Å²) in [7, 11) is 0. The fourth-order valence-electron chi connectivity index (χ4n) is 3.35. The zero-order valence-electron chi connectivity index (χ0n) is 12.4. The maximum Gasteiger partial charge on any atom is 0.270 e. The summed E-state index contributed by atoms with van der Waals surface area (Å²) in [5.74, 6) is -0.216. The van der Waals surface area contributed by atoms with Gasteiger partial charge in [-0.3, -0.25) is 14.9 Å². The van der Waals surface area contributed by atoms with Gasteiger partial charge in [0.2, 0.25) is 0 Å². The molecule has 0 bridgehead atoms. The van der Waals surface area contributed by atoms with Gasteiger partial charge in [-0.1, -0.05) is 0 Å². The maximum absolute atomic E-state index is 12.2. The number of rotatable bonds is 2. The average Bonchev–Trinajstić information content (AvgIpc) is 3.09. The molecule has 116 valence electrons. The molecule has 2 N–H and O–H groups in total. The molecule has 6 nitrogen and oxygen atoms in total. The number of carbonyl (C=O) groups excluding carboxylic acids is 1. The van der Waals surface area contributed by atoms with Gasteiger partial charge in [-0.25, -0.2) is 0 Å². The molecule has 1 aromatic carbocycles. The van der Waals surface area contributed by atoms with Crippen LogP contribution < -0.4 is 5.32 Å². The number of anilines is 1. The third-order valence-corrected chi connectivity index (χ3v) is 4.52. The van der Waals surface area contributed by atoms with Crippen LogP contribution in [0.4, 0.5) is 11.4 Å². The van der Waals surface area contributed by atoms with Crippen molar-refractivity contribution in [3.63, 3.8) is 0 Å². The molecule has 0 radical (unpaired) electrons. The Kier molecular flexibility index (Phi) is 3.04. The molecule has 4 rings (SSSR count). The Balaban J connectivity index is 1.81. The molecule has 0 saturated carbocycles. The lowest BCUT2D eigenvalue weighted by molar-refractivity contribution is -0.384. The van der Waals surface area contributed by atoms with Crippen LogP contribution in [0.1, 0.15) is 35.2 Å². The van der Waals surface area contributed by atoms with E-state index in [0.717, 1.165) is 24.8 Å². The Morgan fingerprint density at radius 2 is 2.04 bits per heavy atom. The number of aryl methyl sites for hydroxylation is 1. The first-order chi connectivity index (χ1) is 11.1. The molecule has 0 atom stereocenters. The lowest BCUT2D eigenvalue weighted by atomic mass is 9.93. The highest BCUT2D eigenvalue weighted by Gasteiger charge is 2.27. The molecule has 0 spiro atoms. The van der Waals surface area contributed by atoms with Crippen molar-refractivity contribution in [3.8, 4) is 0 Å². The van der Waals surface area contributed by atoms with Gasteiger partial charge >= 0.3 is 0 Å². The molecule has 0 unspecified atom stereocenters. The molecular weight excluding hydrogens is 294 g/mol. The second-order valence-electron chi connectivity index (χ2n) is 5.91. The van der Waals surface area contributed by atoms with E-state index in [1.165, 1.54) is 29.8 Å². The number of aromatic nitrogens is 1. The molecule has 1 aliphatic carbocycles. The number of amides is 1. The second kappa shape index (κ2) is 5.08. The van der Waals surface area contributed by atoms with Gasteiger partial charge in [0.1, 0.15) is 0 Å². The number of nitrogens with zero attached hydrogens (tertiary/aromatic N) is 1. The van der Waals surface area contributed by atoms with Gasteiger partial charge in [-0.15, -0.1) is 0 Å². The van der Waals surface area contributed by atoms with Gasteiger partial charge in [0.15, 0.2) is 0 Å². The number of nitro benzene ring substituents is 1. The van der Waals surface area contributed by atoms with Crippen molar-refractivity contribution in [2.75, 3.05) is 5.32 Å². The Labute approximate surface area is 132 Å². The van der Waals surface area contributed by atoms with Crippen LogP contribution in [-0.4, -0.2) is 15.8 Å². The molecule has 2 aromatic rings. The fraction of sp³-hybridized carbons (Fsp3) is 0.235. The molecule has 0 fully saturated rings. The number of fused-ring (bicyclic) bond motifs is 2. The highest BCUT2D eigenvalue weighted by molar-refractivity contribution is 6.35. The first-order valence-electron chi connectivity index (χ1n) is 7.64. The van der Waals surface area contributed by atoms with Gasteiger partial charge in [0.25, 0.3) is 11.6 Å². The smallest absolute Gasteiger partial charge is 0.270 e. The average molecular weight is 309 g/mol. The van der Waals surface area contributed by atoms with Crippen LogP contribution in [0.3, 0.4) is 0 Å². The van der Waals surface area contributed by atoms with Gasteiger partial charge < -0.3 is 10.3 Å². The quantitative estimate of drug-likeness (QED) is 0.507. The summed E-state index contributed by atoms with van der Waals surface area (Å²) in [5, 5.41) is 13.7. The van der Waals surface area contributed by atoms with Crippen LogP contribution in [-0.2, 0) is 17.6 Å². The lowest BCUT2D eigenvalue weighted by Gasteiger charge is -2.11. The van der Waals surface area contributed by atoms with Crippen molar-refractivity contribution in [1.29, 1.82) is 0 Å². The number of carbonyl (C=O) groups is 1. The predicted octanol–water partition coefficient (Wildman–Crippen LogP) is 3.29. The molecule has 23 heavy (non-hydrogen) atoms. The molecule has 1 aliphatic heterocycles. The summed E-state index contributed by atoms with van der Waals surface area (Å²) < 4.78 is 0. The SMILES string of the molecule is O=C1Nc2ccc([N+](=O)[O-])cc2C1=Cc1c[nH]c2c1CCCC2. The van der Waals surface area contributed by atoms with E-state index in [1.807, 2.05) is 12.3 Å². The van der Waals surface area contributed by atoms with E-state index in [9.17, 15) is 14.9 Å². The number of non-ortho nitro benzene ring substituents is 1. The Hall–Kier alpha value is -2.89. The van der Waals surface area contributed by atoms with Crippen molar-refractivity contribution in [1.82, 2.24) is 4.98 Å². The van der Waals surface area contributed by atoms with Gasteiger partial charge in [-0.05, 0) is 49.0 Å². The largest absolute Gasteiger partial charge is 0.364 e. The summed E-state index contributed by atoms with van der Waals surface area (Å²) in [6.07, 6.45) is 8.12. The number of nitro groups is 1. The summed E-state index contributed by atoms with van der Waals surface area (Å²) in [6, 6.07) is 4.44. The first kappa shape index (κ1) is 13.8. The van der Waals surface area contributed by atoms with Crippen LogP contribution >= 0.6 is 0 Å². The minimum Gasteiger partial charge on any atom is -0.364 e. The van der Waals surface area contributed by atoms with Crippen LogP contribution in [0.25, 0.3) is 11.6 Å². The zero-order chi connectivity index (χ0) is 16.0. The molecule has 2 heterocycles. The predicted molar refractivity (Wildman–Crippen MR) is 87.0 cm³/mol. The number of hydrogen-bond donors (Lipinski definition) is 2. The lowest BCUT2D eigenvalue weighted by Crippen LogP contribution is -2.04. The third kappa shape index (κ3) is 2.23. The number of hydrogen-bond acceptors (Lipinski definition) is 3. The Morgan fingerprint density at radius 3 is 2.87 bits per heavy atom. The van der Waals surface area contributed by atoms with Crippen LogP contribution in [0.15, 0.2) is 24.4 Å². The van der Waals surface area contributed by atoms with E-state index in [4.69, 9.17) is 0 Å². The van der Waals surface area contributed by atoms with E-state index < -0.39 is 4.92 Å². The normalized spacial score (nSPS) is 17.7. The van der Waals surface area contributed by atoms with Gasteiger partial charge in [-0.2, -0.15) is 0 Å². The molecular formula is C17H15N3O3. The van der Waals surface area contributed by atoms with Crippen molar-refractivity contribution >= 4 is 28.9 Å². The first-order valence-corrected chi connectivity index (χ1v) is 7.64. The maximum atomic E-state index is 12.2. The van der Waals surface area contributed by atoms with Crippen molar-refractivity contribution in [2.24, 2.45) is 0 Å². The van der Waals surface area contributed by atoms with Gasteiger partial charge in [0.05, 0.1) is 4.92 Å². The number of benzene rings is 1. The van der Waals surface area contributed by atoms with E-state index >= 15 is 0 Å². The highest BCUT2D eigenvalue weighted by atomic mass is 16.6. The van der Waals surface area contributed by atoms with Crippen molar-refractivity contribution < 1.29 is 9.72 Å². The fourth-order valence-corrected chi connectivity index (χ4v) is 3.35. The van der Waals surface area contributed by atoms with E-state index in [2.05, 4.69) is 10.3 Å². The summed E-state index contributed by atoms with van der Waals surface area (Å²) >= 11 is 0. The minimum atomic E-state index is -0.446. The number of nitrogens with one attached hydrogen (secondary N) is 2. The van der Waals surface area contributed by atoms with Gasteiger partial charge in [0, 0.05) is 40.8 Å². The molecule has 0 saturated heterocycles. The standard InChI is InChI=1S/C17H15N3O3/c21-17-14(7-10-9-18-15-4-2-1-3-12(10)15)13-8-11(20(22)23)5-6-16(13)19-17/h5-9,18H,1-4H2,(H,19,21). The Bertz CT molecular complexity index is 864. The van der Waals surface area contributed by atoms with Crippen LogP contribution in [0.2, 0.25) is 0 Å². The summed E-state index contributed by atoms with van der Waals surface area (Å²) in [5.41, 5.74) is 5.19. The number of H-pyrrole nitrogens is 1. The van der Waals surface area contributed by atoms with E-state index in [-0.39, 0.29) is 11.6 Å². The van der Waals surface area contributed by atoms with E-state index in [0.29, 0.717) is 16.8 Å². The van der Waals surface area contributed by atoms with E-state index in [1.54, 1.807) is 6.07 Å². The molecule has 2 aliphatic rings. The highest BCUT2D eigenvalue weighted by Crippen LogP contribution is 2.36. The third-order valence-electron chi connectivity index (χ3n) is 4.52. The van der Waals surface area contributed by atoms with Crippen LogP contribution in [0, 0.1) is 10.1 Å². The molecule has 1 amide bonds. The monoisotopic (exact) mass is 309 g/mol. The summed E-state index contributed by atoms with van der Waals surface area (Å²) in [6.45, 7) is 0. The van der Waals surface area contributed by atoms with Crippen molar-refractivity contribution in [3.05, 3.63) is 56.9 Å². The van der Waals surface area contributed by atoms with Crippen LogP contribution in [0.5, 0.6) is 0 Å². The number of aromatic amines is 1. The Morgan fingerprint density at radius 1 is 1.22 bits per heavy atom. The summed E-state index contributed by atoms with van der Waals surface area (Å²) in [4.78, 5) is 26.1. The minimum absolute atomic E-state index is 0.0118. The second-order valence-corrected chi connectivity index (χ2v) is 5.91. The topological polar surface area (TPSA) is 88.0 Å². The van der Waals surface area contributed by atoms with Crippen molar-refractivity contribution in [2.45, 2.75) is 25.7 Å².